The Morgan fingerprint density at radius 3 is 3.21 bits per heavy atom. The summed E-state index contributed by atoms with van der Waals surface area (Å²) in [6.45, 7) is 4.29. The normalized spacial score (nSPS) is 13.1. The first-order chi connectivity index (χ1) is 9.35. The van der Waals surface area contributed by atoms with Crippen molar-refractivity contribution in [1.82, 2.24) is 15.3 Å². The van der Waals surface area contributed by atoms with E-state index in [9.17, 15) is 0 Å². The summed E-state index contributed by atoms with van der Waals surface area (Å²) in [5.74, 6) is 1.46. The summed E-state index contributed by atoms with van der Waals surface area (Å²) in [4.78, 5) is 8.82. The summed E-state index contributed by atoms with van der Waals surface area (Å²) in [6, 6.07) is 7.79. The van der Waals surface area contributed by atoms with Crippen LogP contribution in [0.2, 0.25) is 0 Å². The van der Waals surface area contributed by atoms with Crippen LogP contribution in [0, 0.1) is 0 Å². The van der Waals surface area contributed by atoms with Gasteiger partial charge in [0.2, 0.25) is 5.95 Å². The minimum Gasteiger partial charge on any atom is -0.494 e. The van der Waals surface area contributed by atoms with E-state index in [1.54, 1.807) is 0 Å². The topological polar surface area (TPSA) is 59.1 Å². The quantitative estimate of drug-likeness (QED) is 0.878. The third kappa shape index (κ3) is 2.66. The molecule has 0 aliphatic carbocycles. The van der Waals surface area contributed by atoms with Gasteiger partial charge in [-0.05, 0) is 19.1 Å². The lowest BCUT2D eigenvalue weighted by Crippen LogP contribution is -2.02. The molecule has 5 heteroatoms. The number of nitrogens with zero attached hydrogens (tertiary/aromatic N) is 2. The zero-order valence-corrected chi connectivity index (χ0v) is 10.8. The maximum absolute atomic E-state index is 5.47. The molecule has 5 nitrogen and oxygen atoms in total. The lowest BCUT2D eigenvalue weighted by molar-refractivity contribution is 0.340. The van der Waals surface area contributed by atoms with Gasteiger partial charge in [0, 0.05) is 36.6 Å². The number of rotatable bonds is 4. The van der Waals surface area contributed by atoms with Gasteiger partial charge in [-0.25, -0.2) is 9.97 Å². The second-order valence-electron chi connectivity index (χ2n) is 4.35. The summed E-state index contributed by atoms with van der Waals surface area (Å²) in [5.41, 5.74) is 3.17. The predicted molar refractivity (Wildman–Crippen MR) is 73.5 cm³/mol. The highest BCUT2D eigenvalue weighted by molar-refractivity contribution is 5.56. The second kappa shape index (κ2) is 5.24. The summed E-state index contributed by atoms with van der Waals surface area (Å²) in [5, 5.41) is 6.46. The van der Waals surface area contributed by atoms with E-state index in [1.165, 1.54) is 5.56 Å². The number of fused-ring (bicyclic) bond motifs is 1. The molecule has 0 radical (unpaired) electrons. The van der Waals surface area contributed by atoms with Crippen LogP contribution in [-0.2, 0) is 13.1 Å². The van der Waals surface area contributed by atoms with Gasteiger partial charge in [-0.1, -0.05) is 6.07 Å². The van der Waals surface area contributed by atoms with Crippen molar-refractivity contribution < 1.29 is 4.74 Å². The fourth-order valence-corrected chi connectivity index (χ4v) is 2.08. The lowest BCUT2D eigenvalue weighted by atomic mass is 10.3. The smallest absolute Gasteiger partial charge is 0.227 e. The highest BCUT2D eigenvalue weighted by Gasteiger charge is 2.12. The fraction of sp³-hybridized carbons (Fsp3) is 0.286. The van der Waals surface area contributed by atoms with Crippen LogP contribution in [0.25, 0.3) is 0 Å². The average molecular weight is 256 g/mol. The molecule has 0 spiro atoms. The van der Waals surface area contributed by atoms with Crippen molar-refractivity contribution in [3.8, 4) is 5.75 Å². The molecule has 2 heterocycles. The van der Waals surface area contributed by atoms with Gasteiger partial charge >= 0.3 is 0 Å². The Bertz CT molecular complexity index is 585. The average Bonchev–Trinajstić information content (AvgIpc) is 2.87. The van der Waals surface area contributed by atoms with Crippen LogP contribution in [0.15, 0.2) is 30.5 Å². The van der Waals surface area contributed by atoms with Crippen molar-refractivity contribution in [2.75, 3.05) is 11.9 Å². The van der Waals surface area contributed by atoms with Crippen molar-refractivity contribution in [3.63, 3.8) is 0 Å². The number of benzene rings is 1. The van der Waals surface area contributed by atoms with Crippen LogP contribution >= 0.6 is 0 Å². The minimum absolute atomic E-state index is 0.621. The number of nitrogens with one attached hydrogen (secondary N) is 2. The molecule has 3 rings (SSSR count). The Balaban J connectivity index is 1.79. The standard InChI is InChI=1S/C14H16N4O/c1-2-19-12-5-3-4-11(6-12)17-14-16-8-10-7-15-9-13(10)18-14/h3-6,8,15H,2,7,9H2,1H3,(H,16,17,18). The Hall–Kier alpha value is -2.14. The number of ether oxygens (including phenoxy) is 1. The Morgan fingerprint density at radius 2 is 2.32 bits per heavy atom. The van der Waals surface area contributed by atoms with Crippen LogP contribution in [-0.4, -0.2) is 16.6 Å². The Labute approximate surface area is 112 Å². The van der Waals surface area contributed by atoms with Crippen molar-refractivity contribution in [3.05, 3.63) is 41.7 Å². The minimum atomic E-state index is 0.621. The second-order valence-corrected chi connectivity index (χ2v) is 4.35. The van der Waals surface area contributed by atoms with E-state index in [0.29, 0.717) is 12.6 Å². The van der Waals surface area contributed by atoms with Crippen molar-refractivity contribution >= 4 is 11.6 Å². The fourth-order valence-electron chi connectivity index (χ4n) is 2.08. The molecule has 0 bridgehead atoms. The summed E-state index contributed by atoms with van der Waals surface area (Å²) >= 11 is 0. The predicted octanol–water partition coefficient (Wildman–Crippen LogP) is 2.22. The lowest BCUT2D eigenvalue weighted by Gasteiger charge is -2.08. The van der Waals surface area contributed by atoms with E-state index in [0.717, 1.165) is 30.2 Å². The highest BCUT2D eigenvalue weighted by Crippen LogP contribution is 2.21. The molecule has 2 N–H and O–H groups in total. The number of aromatic nitrogens is 2. The number of anilines is 2. The van der Waals surface area contributed by atoms with E-state index >= 15 is 0 Å². The van der Waals surface area contributed by atoms with Crippen molar-refractivity contribution in [2.45, 2.75) is 20.0 Å². The molecule has 98 valence electrons. The van der Waals surface area contributed by atoms with E-state index in [-0.39, 0.29) is 0 Å². The first-order valence-corrected chi connectivity index (χ1v) is 6.40. The van der Waals surface area contributed by atoms with Crippen molar-refractivity contribution in [2.24, 2.45) is 0 Å². The first kappa shape index (κ1) is 11.9. The third-order valence-electron chi connectivity index (χ3n) is 2.96. The molecule has 0 amide bonds. The zero-order valence-electron chi connectivity index (χ0n) is 10.8. The van der Waals surface area contributed by atoms with Gasteiger partial charge < -0.3 is 15.4 Å². The molecule has 0 saturated heterocycles. The van der Waals surface area contributed by atoms with Crippen LogP contribution in [0.5, 0.6) is 5.75 Å². The maximum atomic E-state index is 5.47. The SMILES string of the molecule is CCOc1cccc(Nc2ncc3c(n2)CNC3)c1. The highest BCUT2D eigenvalue weighted by atomic mass is 16.5. The van der Waals surface area contributed by atoms with Gasteiger partial charge in [0.15, 0.2) is 0 Å². The summed E-state index contributed by atoms with van der Waals surface area (Å²) < 4.78 is 5.47. The van der Waals surface area contributed by atoms with E-state index in [1.807, 2.05) is 37.4 Å². The molecule has 0 atom stereocenters. The largest absolute Gasteiger partial charge is 0.494 e. The molecule has 2 aromatic rings. The van der Waals surface area contributed by atoms with E-state index in [4.69, 9.17) is 4.74 Å². The molecular weight excluding hydrogens is 240 g/mol. The van der Waals surface area contributed by atoms with Crippen LogP contribution < -0.4 is 15.4 Å². The van der Waals surface area contributed by atoms with E-state index in [2.05, 4.69) is 20.6 Å². The number of hydrogen-bond donors (Lipinski definition) is 2. The molecule has 19 heavy (non-hydrogen) atoms. The molecule has 0 saturated carbocycles. The van der Waals surface area contributed by atoms with Gasteiger partial charge in [0.25, 0.3) is 0 Å². The van der Waals surface area contributed by atoms with Gasteiger partial charge in [0.05, 0.1) is 12.3 Å². The Kier molecular flexibility index (Phi) is 3.29. The molecular formula is C14H16N4O. The van der Waals surface area contributed by atoms with Crippen LogP contribution in [0.4, 0.5) is 11.6 Å². The molecule has 1 aromatic carbocycles. The summed E-state index contributed by atoms with van der Waals surface area (Å²) in [7, 11) is 0. The zero-order chi connectivity index (χ0) is 13.1. The first-order valence-electron chi connectivity index (χ1n) is 6.40. The third-order valence-corrected chi connectivity index (χ3v) is 2.96. The van der Waals surface area contributed by atoms with Gasteiger partial charge in [0.1, 0.15) is 5.75 Å². The van der Waals surface area contributed by atoms with E-state index < -0.39 is 0 Å². The summed E-state index contributed by atoms with van der Waals surface area (Å²) in [6.07, 6.45) is 1.87. The molecule has 1 aliphatic heterocycles. The van der Waals surface area contributed by atoms with Gasteiger partial charge in [-0.3, -0.25) is 0 Å². The van der Waals surface area contributed by atoms with Crippen LogP contribution in [0.3, 0.4) is 0 Å². The molecule has 1 aliphatic rings. The molecule has 0 unspecified atom stereocenters. The van der Waals surface area contributed by atoms with Gasteiger partial charge in [-0.15, -0.1) is 0 Å². The van der Waals surface area contributed by atoms with Crippen molar-refractivity contribution in [1.29, 1.82) is 0 Å². The molecule has 1 aromatic heterocycles. The monoisotopic (exact) mass is 256 g/mol. The number of hydrogen-bond acceptors (Lipinski definition) is 5. The van der Waals surface area contributed by atoms with Crippen LogP contribution in [0.1, 0.15) is 18.2 Å². The molecule has 0 fully saturated rings. The maximum Gasteiger partial charge on any atom is 0.227 e. The van der Waals surface area contributed by atoms with Gasteiger partial charge in [-0.2, -0.15) is 0 Å². The Morgan fingerprint density at radius 1 is 1.37 bits per heavy atom.